The van der Waals surface area contributed by atoms with Crippen molar-refractivity contribution in [3.05, 3.63) is 95.1 Å². The van der Waals surface area contributed by atoms with E-state index in [4.69, 9.17) is 9.15 Å². The Morgan fingerprint density at radius 2 is 1.83 bits per heavy atom. The van der Waals surface area contributed by atoms with E-state index in [2.05, 4.69) is 10.6 Å². The highest BCUT2D eigenvalue weighted by Gasteiger charge is 2.42. The van der Waals surface area contributed by atoms with Crippen LogP contribution in [0.15, 0.2) is 77.0 Å². The van der Waals surface area contributed by atoms with Crippen molar-refractivity contribution in [3.63, 3.8) is 0 Å². The molecule has 35 heavy (non-hydrogen) atoms. The van der Waals surface area contributed by atoms with E-state index in [9.17, 15) is 9.59 Å². The van der Waals surface area contributed by atoms with Gasteiger partial charge in [0.05, 0.1) is 12.3 Å². The lowest BCUT2D eigenvalue weighted by molar-refractivity contribution is -0.119. The smallest absolute Gasteiger partial charge is 0.268 e. The van der Waals surface area contributed by atoms with Crippen LogP contribution < -0.4 is 15.4 Å². The maximum Gasteiger partial charge on any atom is 0.268 e. The summed E-state index contributed by atoms with van der Waals surface area (Å²) in [4.78, 5) is 26.6. The first-order valence-corrected chi connectivity index (χ1v) is 12.2. The number of para-hydroxylation sites is 1. The molecule has 1 atom stereocenters. The molecule has 1 unspecified atom stereocenters. The highest BCUT2D eigenvalue weighted by atomic mass is 16.5. The zero-order valence-electron chi connectivity index (χ0n) is 19.9. The highest BCUT2D eigenvalue weighted by Crippen LogP contribution is 2.46. The van der Waals surface area contributed by atoms with E-state index in [1.807, 2.05) is 43.3 Å². The Labute approximate surface area is 205 Å². The number of furan rings is 1. The number of carbonyl (C=O) groups is 2. The van der Waals surface area contributed by atoms with Crippen LogP contribution in [0.5, 0.6) is 5.75 Å². The fraction of sp³-hybridized carbons (Fsp3) is 0.310. The molecule has 0 radical (unpaired) electrons. The molecule has 180 valence electrons. The Kier molecular flexibility index (Phi) is 6.45. The van der Waals surface area contributed by atoms with Crippen molar-refractivity contribution < 1.29 is 18.7 Å². The summed E-state index contributed by atoms with van der Waals surface area (Å²) in [6, 6.07) is 18.4. The van der Waals surface area contributed by atoms with Crippen LogP contribution in [0.3, 0.4) is 0 Å². The van der Waals surface area contributed by atoms with E-state index in [0.29, 0.717) is 17.7 Å². The summed E-state index contributed by atoms with van der Waals surface area (Å²) in [5, 5.41) is 5.99. The zero-order valence-corrected chi connectivity index (χ0v) is 19.9. The second kappa shape index (κ2) is 9.82. The third-order valence-corrected chi connectivity index (χ3v) is 6.87. The Bertz CT molecular complexity index is 1240. The van der Waals surface area contributed by atoms with Gasteiger partial charge in [-0.15, -0.1) is 0 Å². The normalized spacial score (nSPS) is 18.9. The standard InChI is InChI=1S/C29H30N2O4/c1-20-9-7-10-21(17-20)27(32)30-24(18-22-11-8-16-34-22)28(33)31-25-19-29(14-5-2-6-15-29)35-26-13-4-3-12-23(25)26/h3-4,7-13,16-18,25H,2,5-6,14-15,19H2,1H3,(H,30,32)(H,31,33)/b24-18-. The van der Waals surface area contributed by atoms with Gasteiger partial charge in [0.1, 0.15) is 22.8 Å². The molecule has 1 aliphatic heterocycles. The largest absolute Gasteiger partial charge is 0.487 e. The van der Waals surface area contributed by atoms with Crippen LogP contribution in [0.25, 0.3) is 6.08 Å². The quantitative estimate of drug-likeness (QED) is 0.469. The lowest BCUT2D eigenvalue weighted by Crippen LogP contribution is -2.47. The molecule has 2 amide bonds. The first kappa shape index (κ1) is 23.0. The SMILES string of the molecule is Cc1cccc(C(=O)N/C(=C\c2ccco2)C(=O)NC2CC3(CCCCC3)Oc3ccccc32)c1. The number of rotatable bonds is 5. The van der Waals surface area contributed by atoms with Crippen molar-refractivity contribution in [3.8, 4) is 5.75 Å². The van der Waals surface area contributed by atoms with Crippen LogP contribution >= 0.6 is 0 Å². The third kappa shape index (κ3) is 5.16. The Hall–Kier alpha value is -3.80. The first-order chi connectivity index (χ1) is 17.0. The molecule has 2 heterocycles. The Morgan fingerprint density at radius 1 is 1.00 bits per heavy atom. The molecule has 6 heteroatoms. The molecule has 0 bridgehead atoms. The predicted molar refractivity (Wildman–Crippen MR) is 134 cm³/mol. The van der Waals surface area contributed by atoms with E-state index < -0.39 is 0 Å². The number of nitrogens with one attached hydrogen (secondary N) is 2. The average molecular weight is 471 g/mol. The van der Waals surface area contributed by atoms with Crippen molar-refractivity contribution in [1.82, 2.24) is 10.6 Å². The predicted octanol–water partition coefficient (Wildman–Crippen LogP) is 5.70. The van der Waals surface area contributed by atoms with Gasteiger partial charge < -0.3 is 19.8 Å². The maximum absolute atomic E-state index is 13.6. The second-order valence-electron chi connectivity index (χ2n) is 9.51. The van der Waals surface area contributed by atoms with Gasteiger partial charge in [0.15, 0.2) is 0 Å². The van der Waals surface area contributed by atoms with Crippen LogP contribution in [0.2, 0.25) is 0 Å². The lowest BCUT2D eigenvalue weighted by Gasteiger charge is -2.44. The molecule has 2 aliphatic rings. The molecular formula is C29H30N2O4. The molecule has 1 aliphatic carbocycles. The first-order valence-electron chi connectivity index (χ1n) is 12.2. The maximum atomic E-state index is 13.6. The summed E-state index contributed by atoms with van der Waals surface area (Å²) in [6.07, 6.45) is 9.22. The Balaban J connectivity index is 1.42. The molecule has 3 aromatic rings. The number of amides is 2. The number of benzene rings is 2. The topological polar surface area (TPSA) is 80.6 Å². The van der Waals surface area contributed by atoms with Crippen LogP contribution in [-0.4, -0.2) is 17.4 Å². The fourth-order valence-electron chi connectivity index (χ4n) is 5.14. The highest BCUT2D eigenvalue weighted by molar-refractivity contribution is 6.05. The van der Waals surface area contributed by atoms with Crippen LogP contribution in [0.4, 0.5) is 0 Å². The summed E-state index contributed by atoms with van der Waals surface area (Å²) < 4.78 is 11.9. The minimum Gasteiger partial charge on any atom is -0.487 e. The fourth-order valence-corrected chi connectivity index (χ4v) is 5.14. The van der Waals surface area contributed by atoms with E-state index in [1.54, 1.807) is 30.3 Å². The van der Waals surface area contributed by atoms with Gasteiger partial charge >= 0.3 is 0 Å². The van der Waals surface area contributed by atoms with Crippen LogP contribution in [-0.2, 0) is 4.79 Å². The van der Waals surface area contributed by atoms with Gasteiger partial charge in [0.25, 0.3) is 11.8 Å². The van der Waals surface area contributed by atoms with Gasteiger partial charge in [-0.1, -0.05) is 42.3 Å². The van der Waals surface area contributed by atoms with E-state index in [0.717, 1.165) is 42.6 Å². The molecule has 1 saturated carbocycles. The molecule has 1 spiro atoms. The summed E-state index contributed by atoms with van der Waals surface area (Å²) >= 11 is 0. The van der Waals surface area contributed by atoms with Gasteiger partial charge in [-0.05, 0) is 62.9 Å². The van der Waals surface area contributed by atoms with Crippen LogP contribution in [0, 0.1) is 6.92 Å². The lowest BCUT2D eigenvalue weighted by atomic mass is 9.77. The third-order valence-electron chi connectivity index (χ3n) is 6.87. The van der Waals surface area contributed by atoms with E-state index in [1.165, 1.54) is 12.7 Å². The summed E-state index contributed by atoms with van der Waals surface area (Å²) in [5.41, 5.74) is 2.28. The molecule has 6 nitrogen and oxygen atoms in total. The minimum absolute atomic E-state index is 0.133. The molecule has 1 fully saturated rings. The van der Waals surface area contributed by atoms with Crippen molar-refractivity contribution >= 4 is 17.9 Å². The molecule has 5 rings (SSSR count). The van der Waals surface area contributed by atoms with Crippen LogP contribution in [0.1, 0.15) is 71.8 Å². The number of fused-ring (bicyclic) bond motifs is 1. The average Bonchev–Trinajstić information content (AvgIpc) is 3.37. The van der Waals surface area contributed by atoms with Crippen molar-refractivity contribution in [2.24, 2.45) is 0 Å². The number of aryl methyl sites for hydroxylation is 1. The van der Waals surface area contributed by atoms with E-state index in [-0.39, 0.29) is 29.2 Å². The van der Waals surface area contributed by atoms with Crippen molar-refractivity contribution in [2.45, 2.75) is 57.1 Å². The molecule has 0 saturated heterocycles. The molecular weight excluding hydrogens is 440 g/mol. The Morgan fingerprint density at radius 3 is 2.60 bits per heavy atom. The summed E-state index contributed by atoms with van der Waals surface area (Å²) in [5.74, 6) is 0.593. The minimum atomic E-state index is -0.366. The molecule has 1 aromatic heterocycles. The van der Waals surface area contributed by atoms with Gasteiger partial charge in [-0.2, -0.15) is 0 Å². The zero-order chi connectivity index (χ0) is 24.3. The van der Waals surface area contributed by atoms with Gasteiger partial charge in [-0.25, -0.2) is 0 Å². The van der Waals surface area contributed by atoms with Crippen molar-refractivity contribution in [2.75, 3.05) is 0 Å². The van der Waals surface area contributed by atoms with Gasteiger partial charge in [-0.3, -0.25) is 9.59 Å². The van der Waals surface area contributed by atoms with Gasteiger partial charge in [0.2, 0.25) is 0 Å². The second-order valence-corrected chi connectivity index (χ2v) is 9.51. The monoisotopic (exact) mass is 470 g/mol. The number of hydrogen-bond acceptors (Lipinski definition) is 4. The van der Waals surface area contributed by atoms with Gasteiger partial charge in [0, 0.05) is 23.6 Å². The molecule has 2 aromatic carbocycles. The summed E-state index contributed by atoms with van der Waals surface area (Å²) in [7, 11) is 0. The number of carbonyl (C=O) groups excluding carboxylic acids is 2. The molecule has 2 N–H and O–H groups in total. The number of hydrogen-bond donors (Lipinski definition) is 2. The number of ether oxygens (including phenoxy) is 1. The van der Waals surface area contributed by atoms with E-state index >= 15 is 0 Å². The van der Waals surface area contributed by atoms with Crippen molar-refractivity contribution in [1.29, 1.82) is 0 Å². The summed E-state index contributed by atoms with van der Waals surface area (Å²) in [6.45, 7) is 1.92.